The molecule has 10 aromatic rings. The Morgan fingerprint density at radius 3 is 1.45 bits per heavy atom. The Labute approximate surface area is 459 Å². The second-order valence-electron chi connectivity index (χ2n) is 20.7. The predicted molar refractivity (Wildman–Crippen MR) is 310 cm³/mol. The summed E-state index contributed by atoms with van der Waals surface area (Å²) in [5, 5.41) is 12.7. The van der Waals surface area contributed by atoms with Crippen molar-refractivity contribution in [2.45, 2.75) is 130 Å². The monoisotopic (exact) mass is 1090 g/mol. The van der Waals surface area contributed by atoms with E-state index < -0.39 is 8.32 Å². The van der Waals surface area contributed by atoms with Crippen LogP contribution in [0.4, 0.5) is 0 Å². The number of rotatable bonds is 18. The fourth-order valence-corrected chi connectivity index (χ4v) is 15.6. The Morgan fingerprint density at radius 2 is 1.04 bits per heavy atom. The van der Waals surface area contributed by atoms with E-state index in [0.717, 1.165) is 95.5 Å². The molecule has 2 aliphatic rings. The van der Waals surface area contributed by atoms with Crippen molar-refractivity contribution in [2.24, 2.45) is 0 Å². The minimum Gasteiger partial charge on any atom is -0.407 e. The summed E-state index contributed by atoms with van der Waals surface area (Å²) in [5.41, 5.74) is 6.35. The molecule has 2 saturated carbocycles. The number of fused-ring (bicyclic) bond motifs is 4. The van der Waals surface area contributed by atoms with Crippen molar-refractivity contribution in [3.63, 3.8) is 0 Å². The fourth-order valence-electron chi connectivity index (χ4n) is 10.7. The van der Waals surface area contributed by atoms with Gasteiger partial charge in [0.1, 0.15) is 22.7 Å². The fraction of sp³-hybridized carbons (Fsp3) is 0.379. The number of halogens is 2. The first kappa shape index (κ1) is 55.0. The van der Waals surface area contributed by atoms with Gasteiger partial charge in [-0.1, -0.05) is 119 Å². The van der Waals surface area contributed by atoms with Gasteiger partial charge >= 0.3 is 11.4 Å². The molecule has 2 fully saturated rings. The molecule has 2 aliphatic carbocycles. The molecule has 16 nitrogen and oxygen atoms in total. The molecule has 0 atom stereocenters. The molecule has 12 rings (SSSR count). The van der Waals surface area contributed by atoms with Crippen LogP contribution in [0.1, 0.15) is 111 Å². The summed E-state index contributed by atoms with van der Waals surface area (Å²) in [4.78, 5) is 54.2. The lowest BCUT2D eigenvalue weighted by molar-refractivity contribution is 0.281. The second kappa shape index (κ2) is 23.1. The maximum absolute atomic E-state index is 13.7. The average molecular weight is 1100 g/mol. The van der Waals surface area contributed by atoms with Crippen molar-refractivity contribution in [3.05, 3.63) is 165 Å². The lowest BCUT2D eigenvalue weighted by Gasteiger charge is -2.43. The standard InChI is InChI=1S/C36H39ClN6O2Si.C20H21ClN6O2.2CH4/c1-36(2,3)46(28-12-6-4-7-13-28,29-14-8-5-9-15-29)45-21-11-10-20-41-33(40-30-22-26(37)23-39-34(30)41)25-42-32-24-38-19-18-31(32)43(35(42)44)27-16-17-27;21-13-9-15-19(23-10-13)25(7-1-2-8-28)18(24-15)12-26-17-11-22-6-5-16(17)27(20(26)29)14-3-4-14;;/h4-9,12-15,18-19,22-24,27H,10-11,16-17,20-21,25H2,1-3H3;5-6,9-11,14,28H,1-4,7-8,12H2;2*1H4. The zero-order valence-electron chi connectivity index (χ0n) is 42.4. The normalized spacial score (nSPS) is 13.7. The van der Waals surface area contributed by atoms with E-state index in [-0.39, 0.29) is 50.0 Å². The first-order valence-corrected chi connectivity index (χ1v) is 28.6. The first-order valence-electron chi connectivity index (χ1n) is 25.9. The summed E-state index contributed by atoms with van der Waals surface area (Å²) in [6, 6.07) is 29.5. The number of hydrogen-bond donors (Lipinski definition) is 1. The summed E-state index contributed by atoms with van der Waals surface area (Å²) < 4.78 is 18.6. The molecule has 77 heavy (non-hydrogen) atoms. The van der Waals surface area contributed by atoms with Gasteiger partial charge in [0.2, 0.25) is 0 Å². The number of aliphatic hydroxyl groups excluding tert-OH is 1. The van der Waals surface area contributed by atoms with Crippen molar-refractivity contribution in [2.75, 3.05) is 13.2 Å². The highest BCUT2D eigenvalue weighted by molar-refractivity contribution is 6.99. The topological polar surface area (TPSA) is 171 Å². The summed E-state index contributed by atoms with van der Waals surface area (Å²) in [6.45, 7) is 9.69. The van der Waals surface area contributed by atoms with E-state index in [4.69, 9.17) is 42.7 Å². The van der Waals surface area contributed by atoms with Crippen LogP contribution in [0.3, 0.4) is 0 Å². The third kappa shape index (κ3) is 10.8. The number of imidazole rings is 4. The molecule has 0 bridgehead atoms. The van der Waals surface area contributed by atoms with Crippen LogP contribution in [0, 0.1) is 0 Å². The van der Waals surface area contributed by atoms with Crippen molar-refractivity contribution in [3.8, 4) is 0 Å². The highest BCUT2D eigenvalue weighted by Gasteiger charge is 2.50. The Balaban J connectivity index is 0.000000201. The van der Waals surface area contributed by atoms with Gasteiger partial charge in [0.05, 0.1) is 57.6 Å². The molecule has 2 aromatic carbocycles. The Morgan fingerprint density at radius 1 is 0.597 bits per heavy atom. The molecule has 0 amide bonds. The van der Waals surface area contributed by atoms with Gasteiger partial charge in [0, 0.05) is 63.2 Å². The molecule has 1 N–H and O–H groups in total. The molecule has 0 radical (unpaired) electrons. The SMILES string of the molecule is C.C.CC(C)(C)[Si](OCCCCn1c(Cn2c(=O)n(C3CC3)c3ccncc32)nc2cc(Cl)cnc21)(c1ccccc1)c1ccccc1.O=c1n(Cc2nc3cc(Cl)cnc3n2CCCCO)c2cnccc2n1C1CC1. The molecule has 8 heterocycles. The van der Waals surface area contributed by atoms with E-state index in [0.29, 0.717) is 54.8 Å². The maximum Gasteiger partial charge on any atom is 0.329 e. The number of pyridine rings is 4. The van der Waals surface area contributed by atoms with Gasteiger partial charge in [-0.15, -0.1) is 0 Å². The molecule has 0 spiro atoms. The number of aromatic nitrogens is 12. The zero-order valence-corrected chi connectivity index (χ0v) is 44.9. The number of unbranched alkanes of at least 4 members (excludes halogenated alkanes) is 2. The minimum atomic E-state index is -2.60. The van der Waals surface area contributed by atoms with Crippen LogP contribution in [0.5, 0.6) is 0 Å². The van der Waals surface area contributed by atoms with Gasteiger partial charge < -0.3 is 18.7 Å². The Kier molecular flexibility index (Phi) is 16.5. The predicted octanol–water partition coefficient (Wildman–Crippen LogP) is 10.4. The van der Waals surface area contributed by atoms with Crippen molar-refractivity contribution < 1.29 is 9.53 Å². The van der Waals surface area contributed by atoms with Crippen LogP contribution in [0.15, 0.2) is 132 Å². The smallest absolute Gasteiger partial charge is 0.329 e. The molecular weight excluding hydrogens is 1030 g/mol. The molecule has 19 heteroatoms. The highest BCUT2D eigenvalue weighted by Crippen LogP contribution is 2.39. The first-order chi connectivity index (χ1) is 36.4. The van der Waals surface area contributed by atoms with Gasteiger partial charge in [-0.25, -0.2) is 29.5 Å². The van der Waals surface area contributed by atoms with E-state index in [9.17, 15) is 9.59 Å². The lowest BCUT2D eigenvalue weighted by Crippen LogP contribution is -2.66. The number of hydrogen-bond acceptors (Lipinski definition) is 10. The third-order valence-corrected chi connectivity index (χ3v) is 20.0. The van der Waals surface area contributed by atoms with Crippen LogP contribution in [-0.2, 0) is 30.6 Å². The van der Waals surface area contributed by atoms with E-state index in [2.05, 4.69) is 106 Å². The van der Waals surface area contributed by atoms with E-state index in [1.165, 1.54) is 10.4 Å². The summed E-state index contributed by atoms with van der Waals surface area (Å²) >= 11 is 12.4. The van der Waals surface area contributed by atoms with Gasteiger partial charge in [-0.3, -0.25) is 28.2 Å². The van der Waals surface area contributed by atoms with Gasteiger partial charge in [-0.05, 0) is 91.0 Å². The third-order valence-electron chi connectivity index (χ3n) is 14.5. The van der Waals surface area contributed by atoms with E-state index in [1.807, 2.05) is 31.9 Å². The summed E-state index contributed by atoms with van der Waals surface area (Å²) in [7, 11) is -2.60. The van der Waals surface area contributed by atoms with Crippen LogP contribution < -0.4 is 21.8 Å². The van der Waals surface area contributed by atoms with Gasteiger partial charge in [0.15, 0.2) is 11.3 Å². The highest BCUT2D eigenvalue weighted by atomic mass is 35.5. The number of aliphatic hydroxyl groups is 1. The summed E-state index contributed by atoms with van der Waals surface area (Å²) in [6.07, 6.45) is 17.6. The maximum atomic E-state index is 13.7. The van der Waals surface area contributed by atoms with Crippen LogP contribution in [0.25, 0.3) is 44.4 Å². The van der Waals surface area contributed by atoms with Crippen molar-refractivity contribution in [1.82, 2.24) is 57.3 Å². The molecule has 0 unspecified atom stereocenters. The lowest BCUT2D eigenvalue weighted by atomic mass is 10.2. The van der Waals surface area contributed by atoms with Gasteiger partial charge in [-0.2, -0.15) is 0 Å². The number of aryl methyl sites for hydroxylation is 2. The van der Waals surface area contributed by atoms with Crippen LogP contribution in [0.2, 0.25) is 15.1 Å². The molecule has 402 valence electrons. The number of nitrogens with zero attached hydrogens (tertiary/aromatic N) is 12. The quantitative estimate of drug-likeness (QED) is 0.0644. The minimum absolute atomic E-state index is 0. The largest absolute Gasteiger partial charge is 0.407 e. The average Bonchev–Trinajstić information content (AvgIpc) is 4.34. The second-order valence-corrected chi connectivity index (χ2v) is 25.8. The molecule has 8 aromatic heterocycles. The van der Waals surface area contributed by atoms with E-state index in [1.54, 1.807) is 52.4 Å². The number of benzene rings is 2. The Bertz CT molecular complexity index is 3740. The Hall–Kier alpha value is -6.76. The summed E-state index contributed by atoms with van der Waals surface area (Å²) in [5.74, 6) is 1.52. The van der Waals surface area contributed by atoms with E-state index >= 15 is 0 Å². The van der Waals surface area contributed by atoms with Crippen molar-refractivity contribution >= 4 is 86.3 Å². The molecular formula is C58H68Cl2N12O4Si. The molecule has 0 saturated heterocycles. The van der Waals surface area contributed by atoms with Gasteiger partial charge in [0.25, 0.3) is 8.32 Å². The zero-order chi connectivity index (χ0) is 51.8. The molecule has 0 aliphatic heterocycles. The van der Waals surface area contributed by atoms with Crippen LogP contribution >= 0.6 is 23.2 Å². The van der Waals surface area contributed by atoms with Crippen molar-refractivity contribution in [1.29, 1.82) is 0 Å². The van der Waals surface area contributed by atoms with Crippen LogP contribution in [-0.4, -0.2) is 83.9 Å².